The van der Waals surface area contributed by atoms with Gasteiger partial charge < -0.3 is 5.41 Å². The van der Waals surface area contributed by atoms with Gasteiger partial charge in [-0.25, -0.2) is 0 Å². The molecule has 15 heavy (non-hydrogen) atoms. The van der Waals surface area contributed by atoms with Gasteiger partial charge in [-0.15, -0.1) is 0 Å². The van der Waals surface area contributed by atoms with Gasteiger partial charge in [-0.05, 0) is 31.6 Å². The Morgan fingerprint density at radius 1 is 1.40 bits per heavy atom. The van der Waals surface area contributed by atoms with E-state index < -0.39 is 5.92 Å². The summed E-state index contributed by atoms with van der Waals surface area (Å²) in [7, 11) is 0. The Morgan fingerprint density at radius 3 is 2.60 bits per heavy atom. The predicted molar refractivity (Wildman–Crippen MR) is 57.7 cm³/mol. The third-order valence-corrected chi connectivity index (χ3v) is 2.06. The predicted octanol–water partition coefficient (Wildman–Crippen LogP) is 3.74. The number of hydrogen-bond donors (Lipinski definition) is 1. The zero-order chi connectivity index (χ0) is 11.5. The fourth-order valence-corrected chi connectivity index (χ4v) is 1.27. The molecule has 1 nitrogen and oxygen atoms in total. The van der Waals surface area contributed by atoms with E-state index in [0.29, 0.717) is 5.56 Å². The standard InChI is InChI=1S/C12H13F2N/c1-3-7-12(13,14)11-6-4-5-10(8-11)9(2)15/h3-8,15H,1-2H3/b7-3+,15-9?. The molecule has 0 unspecified atom stereocenters. The highest BCUT2D eigenvalue weighted by molar-refractivity contribution is 5.96. The van der Waals surface area contributed by atoms with Gasteiger partial charge in [0.15, 0.2) is 0 Å². The van der Waals surface area contributed by atoms with Crippen LogP contribution in [0.2, 0.25) is 0 Å². The Labute approximate surface area is 87.9 Å². The SMILES string of the molecule is C/C=C/C(F)(F)c1cccc(C(C)=N)c1. The molecule has 0 saturated heterocycles. The van der Waals surface area contributed by atoms with Crippen molar-refractivity contribution in [1.82, 2.24) is 0 Å². The van der Waals surface area contributed by atoms with Crippen LogP contribution in [0.5, 0.6) is 0 Å². The number of allylic oxidation sites excluding steroid dienone is 2. The van der Waals surface area contributed by atoms with Crippen molar-refractivity contribution in [3.05, 3.63) is 47.5 Å². The molecular formula is C12H13F2N. The lowest BCUT2D eigenvalue weighted by Crippen LogP contribution is -2.10. The van der Waals surface area contributed by atoms with E-state index in [2.05, 4.69) is 0 Å². The fourth-order valence-electron chi connectivity index (χ4n) is 1.27. The van der Waals surface area contributed by atoms with Crippen LogP contribution >= 0.6 is 0 Å². The van der Waals surface area contributed by atoms with Gasteiger partial charge in [0.25, 0.3) is 5.92 Å². The van der Waals surface area contributed by atoms with E-state index >= 15 is 0 Å². The van der Waals surface area contributed by atoms with Gasteiger partial charge in [0.1, 0.15) is 0 Å². The summed E-state index contributed by atoms with van der Waals surface area (Å²) in [5.74, 6) is -2.96. The first-order chi connectivity index (χ1) is 6.97. The summed E-state index contributed by atoms with van der Waals surface area (Å²) in [5, 5.41) is 7.38. The van der Waals surface area contributed by atoms with Crippen LogP contribution in [-0.2, 0) is 5.92 Å². The van der Waals surface area contributed by atoms with Crippen LogP contribution in [0.1, 0.15) is 25.0 Å². The van der Waals surface area contributed by atoms with E-state index in [9.17, 15) is 8.78 Å². The van der Waals surface area contributed by atoms with Crippen molar-refractivity contribution in [3.63, 3.8) is 0 Å². The summed E-state index contributed by atoms with van der Waals surface area (Å²) in [6.45, 7) is 3.13. The van der Waals surface area contributed by atoms with Crippen molar-refractivity contribution in [2.24, 2.45) is 0 Å². The fraction of sp³-hybridized carbons (Fsp3) is 0.250. The summed E-state index contributed by atoms with van der Waals surface area (Å²) >= 11 is 0. The summed E-state index contributed by atoms with van der Waals surface area (Å²) in [6.07, 6.45) is 2.18. The molecule has 0 heterocycles. The Morgan fingerprint density at radius 2 is 2.07 bits per heavy atom. The normalized spacial score (nSPS) is 12.0. The van der Waals surface area contributed by atoms with E-state index in [1.807, 2.05) is 0 Å². The molecule has 0 amide bonds. The molecule has 3 heteroatoms. The lowest BCUT2D eigenvalue weighted by atomic mass is 10.0. The molecule has 0 spiro atoms. The van der Waals surface area contributed by atoms with Gasteiger partial charge in [0.05, 0.1) is 0 Å². The van der Waals surface area contributed by atoms with Gasteiger partial charge in [-0.2, -0.15) is 8.78 Å². The quantitative estimate of drug-likeness (QED) is 0.579. The highest BCUT2D eigenvalue weighted by Gasteiger charge is 2.27. The highest BCUT2D eigenvalue weighted by Crippen LogP contribution is 2.29. The van der Waals surface area contributed by atoms with Crippen LogP contribution in [0.15, 0.2) is 36.4 Å². The van der Waals surface area contributed by atoms with Crippen LogP contribution in [0.4, 0.5) is 8.78 Å². The first kappa shape index (κ1) is 11.6. The second-order valence-corrected chi connectivity index (χ2v) is 3.33. The second kappa shape index (κ2) is 4.34. The minimum Gasteiger partial charge on any atom is -0.305 e. The summed E-state index contributed by atoms with van der Waals surface area (Å²) < 4.78 is 26.9. The molecule has 0 atom stereocenters. The van der Waals surface area contributed by atoms with Gasteiger partial charge in [-0.3, -0.25) is 0 Å². The topological polar surface area (TPSA) is 23.9 Å². The molecule has 1 aromatic carbocycles. The van der Waals surface area contributed by atoms with Crippen LogP contribution in [0.3, 0.4) is 0 Å². The molecule has 0 aliphatic carbocycles. The molecule has 0 aliphatic rings. The molecule has 0 aromatic heterocycles. The Balaban J connectivity index is 3.15. The van der Waals surface area contributed by atoms with Crippen molar-refractivity contribution in [2.45, 2.75) is 19.8 Å². The van der Waals surface area contributed by atoms with Crippen molar-refractivity contribution >= 4 is 5.71 Å². The first-order valence-electron chi connectivity index (χ1n) is 4.65. The Hall–Kier alpha value is -1.51. The first-order valence-corrected chi connectivity index (χ1v) is 4.65. The molecule has 0 saturated carbocycles. The number of rotatable bonds is 3. The van der Waals surface area contributed by atoms with E-state index in [0.717, 1.165) is 6.08 Å². The van der Waals surface area contributed by atoms with Crippen molar-refractivity contribution in [1.29, 1.82) is 5.41 Å². The average molecular weight is 209 g/mol. The zero-order valence-corrected chi connectivity index (χ0v) is 8.72. The molecule has 1 N–H and O–H groups in total. The number of hydrogen-bond acceptors (Lipinski definition) is 1. The number of nitrogens with one attached hydrogen (secondary N) is 1. The molecule has 1 rings (SSSR count). The molecule has 0 bridgehead atoms. The van der Waals surface area contributed by atoms with Crippen LogP contribution in [-0.4, -0.2) is 5.71 Å². The van der Waals surface area contributed by atoms with Gasteiger partial charge in [0, 0.05) is 11.3 Å². The van der Waals surface area contributed by atoms with E-state index in [-0.39, 0.29) is 11.3 Å². The van der Waals surface area contributed by atoms with Gasteiger partial charge >= 0.3 is 0 Å². The van der Waals surface area contributed by atoms with Crippen LogP contribution < -0.4 is 0 Å². The molecule has 0 fully saturated rings. The van der Waals surface area contributed by atoms with E-state index in [1.54, 1.807) is 26.0 Å². The largest absolute Gasteiger partial charge is 0.305 e. The smallest absolute Gasteiger partial charge is 0.291 e. The van der Waals surface area contributed by atoms with Crippen LogP contribution in [0, 0.1) is 5.41 Å². The Bertz CT molecular complexity index is 394. The number of alkyl halides is 2. The second-order valence-electron chi connectivity index (χ2n) is 3.33. The third kappa shape index (κ3) is 2.72. The average Bonchev–Trinajstić information content (AvgIpc) is 2.18. The third-order valence-electron chi connectivity index (χ3n) is 2.06. The summed E-state index contributed by atoms with van der Waals surface area (Å²) in [6, 6.07) is 5.91. The monoisotopic (exact) mass is 209 g/mol. The molecule has 80 valence electrons. The summed E-state index contributed by atoms with van der Waals surface area (Å²) in [5.41, 5.74) is 0.731. The zero-order valence-electron chi connectivity index (χ0n) is 8.72. The van der Waals surface area contributed by atoms with E-state index in [4.69, 9.17) is 5.41 Å². The maximum absolute atomic E-state index is 13.4. The number of halogens is 2. The minimum absolute atomic E-state index is 0.0790. The lowest BCUT2D eigenvalue weighted by Gasteiger charge is -2.12. The Kier molecular flexibility index (Phi) is 3.35. The van der Waals surface area contributed by atoms with E-state index in [1.165, 1.54) is 18.2 Å². The maximum Gasteiger partial charge on any atom is 0.291 e. The van der Waals surface area contributed by atoms with Crippen molar-refractivity contribution in [3.8, 4) is 0 Å². The van der Waals surface area contributed by atoms with Gasteiger partial charge in [-0.1, -0.05) is 24.3 Å². The van der Waals surface area contributed by atoms with Crippen LogP contribution in [0.25, 0.3) is 0 Å². The molecule has 1 aromatic rings. The highest BCUT2D eigenvalue weighted by atomic mass is 19.3. The maximum atomic E-state index is 13.4. The summed E-state index contributed by atoms with van der Waals surface area (Å²) in [4.78, 5) is 0. The van der Waals surface area contributed by atoms with Crippen molar-refractivity contribution in [2.75, 3.05) is 0 Å². The van der Waals surface area contributed by atoms with Crippen molar-refractivity contribution < 1.29 is 8.78 Å². The molecular weight excluding hydrogens is 196 g/mol. The minimum atomic E-state index is -2.96. The molecule has 0 radical (unpaired) electrons. The molecule has 0 aliphatic heterocycles. The number of benzene rings is 1. The van der Waals surface area contributed by atoms with Gasteiger partial charge in [0.2, 0.25) is 0 Å². The lowest BCUT2D eigenvalue weighted by molar-refractivity contribution is 0.0520.